The van der Waals surface area contributed by atoms with Crippen molar-refractivity contribution in [1.29, 1.82) is 0 Å². The molecule has 224 valence electrons. The Balaban J connectivity index is 0.976. The lowest BCUT2D eigenvalue weighted by Crippen LogP contribution is -2.50. The number of rotatable bonds is 9. The molecule has 3 fully saturated rings. The first kappa shape index (κ1) is 28.6. The normalized spacial score (nSPS) is 21.9. The van der Waals surface area contributed by atoms with Crippen LogP contribution in [-0.4, -0.2) is 93.4 Å². The minimum absolute atomic E-state index is 0.280. The Morgan fingerprint density at radius 3 is 2.45 bits per heavy atom. The highest BCUT2D eigenvalue weighted by molar-refractivity contribution is 5.77. The first-order valence-electron chi connectivity index (χ1n) is 15.5. The van der Waals surface area contributed by atoms with Gasteiger partial charge in [-0.2, -0.15) is 0 Å². The molecule has 2 aromatic carbocycles. The van der Waals surface area contributed by atoms with Crippen molar-refractivity contribution >= 4 is 17.3 Å². The van der Waals surface area contributed by atoms with Crippen LogP contribution in [0.25, 0.3) is 0 Å². The van der Waals surface area contributed by atoms with Crippen LogP contribution in [0.5, 0.6) is 5.75 Å². The van der Waals surface area contributed by atoms with Crippen LogP contribution >= 0.6 is 0 Å². The Bertz CT molecular complexity index is 1280. The Labute approximate surface area is 249 Å². The van der Waals surface area contributed by atoms with E-state index in [9.17, 15) is 4.79 Å². The summed E-state index contributed by atoms with van der Waals surface area (Å²) in [4.78, 5) is 22.7. The Hall–Kier alpha value is -3.56. The van der Waals surface area contributed by atoms with Crippen LogP contribution in [0.3, 0.4) is 0 Å². The SMILES string of the molecule is COc1ccccc1N1CCN(C(=O)CC2CCNCC2Cc2cc(CN3CCN(c4ccccc4)CC3)on2)CC1. The maximum atomic E-state index is 13.4. The van der Waals surface area contributed by atoms with Crippen LogP contribution in [0.4, 0.5) is 11.4 Å². The molecule has 0 spiro atoms. The number of nitrogens with one attached hydrogen (secondary N) is 1. The second-order valence-corrected chi connectivity index (χ2v) is 11.8. The summed E-state index contributed by atoms with van der Waals surface area (Å²) in [6.07, 6.45) is 2.48. The monoisotopic (exact) mass is 572 g/mol. The van der Waals surface area contributed by atoms with Crippen molar-refractivity contribution in [2.75, 3.05) is 82.4 Å². The highest BCUT2D eigenvalue weighted by atomic mass is 16.5. The fraction of sp³-hybridized carbons (Fsp3) is 0.515. The molecule has 3 aromatic rings. The fourth-order valence-corrected chi connectivity index (χ4v) is 6.74. The van der Waals surface area contributed by atoms with Gasteiger partial charge in [0.1, 0.15) is 5.75 Å². The van der Waals surface area contributed by atoms with Crippen molar-refractivity contribution < 1.29 is 14.1 Å². The zero-order chi connectivity index (χ0) is 28.7. The van der Waals surface area contributed by atoms with Crippen LogP contribution in [0, 0.1) is 11.8 Å². The number of para-hydroxylation sites is 3. The lowest BCUT2D eigenvalue weighted by molar-refractivity contribution is -0.133. The molecule has 3 aliphatic rings. The van der Waals surface area contributed by atoms with Gasteiger partial charge in [0.2, 0.25) is 5.91 Å². The predicted octanol–water partition coefficient (Wildman–Crippen LogP) is 3.51. The molecule has 9 nitrogen and oxygen atoms in total. The summed E-state index contributed by atoms with van der Waals surface area (Å²) >= 11 is 0. The van der Waals surface area contributed by atoms with Gasteiger partial charge in [0.05, 0.1) is 25.0 Å². The molecule has 3 saturated heterocycles. The second-order valence-electron chi connectivity index (χ2n) is 11.8. The summed E-state index contributed by atoms with van der Waals surface area (Å²) in [6, 6.07) is 20.9. The molecular formula is C33H44N6O3. The molecule has 2 unspecified atom stereocenters. The quantitative estimate of drug-likeness (QED) is 0.418. The van der Waals surface area contributed by atoms with Gasteiger partial charge in [0, 0.05) is 70.5 Å². The van der Waals surface area contributed by atoms with Gasteiger partial charge in [-0.3, -0.25) is 9.69 Å². The van der Waals surface area contributed by atoms with E-state index in [1.807, 2.05) is 18.2 Å². The molecule has 3 aliphatic heterocycles. The van der Waals surface area contributed by atoms with Gasteiger partial charge >= 0.3 is 0 Å². The Morgan fingerprint density at radius 1 is 0.929 bits per heavy atom. The minimum atomic E-state index is 0.280. The van der Waals surface area contributed by atoms with Crippen molar-refractivity contribution in [3.05, 3.63) is 72.1 Å². The fourth-order valence-electron chi connectivity index (χ4n) is 6.74. The number of carbonyl (C=O) groups is 1. The van der Waals surface area contributed by atoms with Crippen LogP contribution < -0.4 is 19.9 Å². The predicted molar refractivity (Wildman–Crippen MR) is 165 cm³/mol. The average molecular weight is 573 g/mol. The van der Waals surface area contributed by atoms with E-state index in [1.54, 1.807) is 7.11 Å². The van der Waals surface area contributed by atoms with E-state index in [1.165, 1.54) is 5.69 Å². The number of anilines is 2. The molecule has 0 radical (unpaired) electrons. The number of amides is 1. The van der Waals surface area contributed by atoms with E-state index in [2.05, 4.69) is 72.5 Å². The number of hydrogen-bond donors (Lipinski definition) is 1. The molecule has 0 bridgehead atoms. The number of benzene rings is 2. The first-order chi connectivity index (χ1) is 20.7. The number of aromatic nitrogens is 1. The number of hydrogen-bond acceptors (Lipinski definition) is 8. The third-order valence-corrected chi connectivity index (χ3v) is 9.21. The van der Waals surface area contributed by atoms with Crippen LogP contribution in [-0.2, 0) is 17.8 Å². The van der Waals surface area contributed by atoms with Gasteiger partial charge < -0.3 is 29.3 Å². The standard InChI is InChI=1S/C33H44N6O3/c1-41-32-10-6-5-9-31(32)38-17-19-39(20-18-38)33(40)22-26-11-12-34-24-27(26)21-28-23-30(42-35-28)25-36-13-15-37(16-14-36)29-7-3-2-4-8-29/h2-10,23,26-27,34H,11-22,24-25H2,1H3. The van der Waals surface area contributed by atoms with E-state index >= 15 is 0 Å². The van der Waals surface area contributed by atoms with Gasteiger partial charge in [0.25, 0.3) is 0 Å². The summed E-state index contributed by atoms with van der Waals surface area (Å²) in [5, 5.41) is 7.99. The molecular weight excluding hydrogens is 528 g/mol. The van der Waals surface area contributed by atoms with E-state index in [0.29, 0.717) is 18.3 Å². The van der Waals surface area contributed by atoms with E-state index in [4.69, 9.17) is 9.26 Å². The summed E-state index contributed by atoms with van der Waals surface area (Å²) < 4.78 is 11.3. The van der Waals surface area contributed by atoms with Gasteiger partial charge in [-0.1, -0.05) is 35.5 Å². The molecule has 9 heteroatoms. The average Bonchev–Trinajstić information content (AvgIpc) is 3.49. The third kappa shape index (κ3) is 6.90. The van der Waals surface area contributed by atoms with E-state index in [0.717, 1.165) is 108 Å². The first-order valence-corrected chi connectivity index (χ1v) is 15.5. The summed E-state index contributed by atoms with van der Waals surface area (Å²) in [5.41, 5.74) is 3.40. The maximum Gasteiger partial charge on any atom is 0.222 e. The highest BCUT2D eigenvalue weighted by Gasteiger charge is 2.31. The molecule has 2 atom stereocenters. The molecule has 1 aromatic heterocycles. The number of nitrogens with zero attached hydrogens (tertiary/aromatic N) is 5. The number of methoxy groups -OCH3 is 1. The highest BCUT2D eigenvalue weighted by Crippen LogP contribution is 2.30. The summed E-state index contributed by atoms with van der Waals surface area (Å²) in [5.74, 6) is 2.84. The molecule has 4 heterocycles. The minimum Gasteiger partial charge on any atom is -0.495 e. The smallest absolute Gasteiger partial charge is 0.222 e. The number of piperazine rings is 2. The molecule has 0 saturated carbocycles. The van der Waals surface area contributed by atoms with Crippen LogP contribution in [0.2, 0.25) is 0 Å². The third-order valence-electron chi connectivity index (χ3n) is 9.21. The summed E-state index contributed by atoms with van der Waals surface area (Å²) in [7, 11) is 1.71. The maximum absolute atomic E-state index is 13.4. The zero-order valence-corrected chi connectivity index (χ0v) is 24.8. The largest absolute Gasteiger partial charge is 0.495 e. The van der Waals surface area contributed by atoms with Crippen molar-refractivity contribution in [3.8, 4) is 5.75 Å². The molecule has 42 heavy (non-hydrogen) atoms. The lowest BCUT2D eigenvalue weighted by atomic mass is 9.81. The van der Waals surface area contributed by atoms with E-state index in [-0.39, 0.29) is 5.91 Å². The summed E-state index contributed by atoms with van der Waals surface area (Å²) in [6.45, 7) is 9.88. The Morgan fingerprint density at radius 2 is 1.67 bits per heavy atom. The number of carbonyl (C=O) groups excluding carboxylic acids is 1. The van der Waals surface area contributed by atoms with Crippen LogP contribution in [0.15, 0.2) is 65.2 Å². The van der Waals surface area contributed by atoms with Gasteiger partial charge in [0.15, 0.2) is 5.76 Å². The topological polar surface area (TPSA) is 77.3 Å². The van der Waals surface area contributed by atoms with Gasteiger partial charge in [-0.25, -0.2) is 0 Å². The second kappa shape index (κ2) is 13.6. The van der Waals surface area contributed by atoms with Crippen LogP contribution in [0.1, 0.15) is 24.3 Å². The van der Waals surface area contributed by atoms with E-state index < -0.39 is 0 Å². The van der Waals surface area contributed by atoms with Crippen molar-refractivity contribution in [2.24, 2.45) is 11.8 Å². The zero-order valence-electron chi connectivity index (χ0n) is 24.8. The van der Waals surface area contributed by atoms with Gasteiger partial charge in [-0.05, 0) is 62.0 Å². The lowest BCUT2D eigenvalue weighted by Gasteiger charge is -2.38. The molecule has 0 aliphatic carbocycles. The molecule has 1 N–H and O–H groups in total. The molecule has 6 rings (SSSR count). The number of ether oxygens (including phenoxy) is 1. The Kier molecular flexibility index (Phi) is 9.25. The van der Waals surface area contributed by atoms with Crippen molar-refractivity contribution in [2.45, 2.75) is 25.8 Å². The molecule has 1 amide bonds. The van der Waals surface area contributed by atoms with Crippen molar-refractivity contribution in [1.82, 2.24) is 20.3 Å². The number of piperidine rings is 1. The van der Waals surface area contributed by atoms with Gasteiger partial charge in [-0.15, -0.1) is 0 Å². The van der Waals surface area contributed by atoms with Crippen molar-refractivity contribution in [3.63, 3.8) is 0 Å².